The Kier molecular flexibility index (Phi) is 4.54. The summed E-state index contributed by atoms with van der Waals surface area (Å²) in [6.45, 7) is 3.03. The fraction of sp³-hybridized carbons (Fsp3) is 0.400. The number of aromatic nitrogens is 2. The normalized spacial score (nSPS) is 17.9. The maximum Gasteiger partial charge on any atom is 0.319 e. The molecule has 5 nitrogen and oxygen atoms in total. The van der Waals surface area contributed by atoms with Crippen molar-refractivity contribution in [3.8, 4) is 0 Å². The van der Waals surface area contributed by atoms with Crippen molar-refractivity contribution in [2.45, 2.75) is 36.7 Å². The summed E-state index contributed by atoms with van der Waals surface area (Å²) in [4.78, 5) is 29.0. The van der Waals surface area contributed by atoms with E-state index in [1.165, 1.54) is 11.8 Å². The Labute approximate surface area is 140 Å². The molecule has 0 N–H and O–H groups in total. The van der Waals surface area contributed by atoms with Crippen LogP contribution in [0.25, 0.3) is 10.9 Å². The summed E-state index contributed by atoms with van der Waals surface area (Å²) in [5, 5.41) is 0.898. The fourth-order valence-corrected chi connectivity index (χ4v) is 3.84. The summed E-state index contributed by atoms with van der Waals surface area (Å²) in [5.41, 5.74) is 0.580. The lowest BCUT2D eigenvalue weighted by Gasteiger charge is -2.13. The number of carbonyl (C=O) groups is 1. The molecule has 1 saturated heterocycles. The molecule has 0 unspecified atom stereocenters. The maximum absolute atomic E-state index is 12.7. The number of carbonyl (C=O) groups excluding carboxylic acids is 1. The Balaban J connectivity index is 2.11. The van der Waals surface area contributed by atoms with Gasteiger partial charge in [0.25, 0.3) is 5.56 Å². The summed E-state index contributed by atoms with van der Waals surface area (Å²) < 4.78 is 7.50. The maximum atomic E-state index is 12.7. The molecule has 1 aromatic heterocycles. The predicted molar refractivity (Wildman–Crippen MR) is 89.2 cm³/mol. The lowest BCUT2D eigenvalue weighted by atomic mass is 10.2. The highest BCUT2D eigenvalue weighted by Crippen LogP contribution is 2.29. The van der Waals surface area contributed by atoms with Crippen molar-refractivity contribution in [2.75, 3.05) is 6.61 Å². The smallest absolute Gasteiger partial charge is 0.319 e. The van der Waals surface area contributed by atoms with E-state index >= 15 is 0 Å². The molecule has 0 aliphatic carbocycles. The summed E-state index contributed by atoms with van der Waals surface area (Å²) in [7, 11) is 0. The van der Waals surface area contributed by atoms with E-state index < -0.39 is 0 Å². The van der Waals surface area contributed by atoms with Crippen LogP contribution in [0.5, 0.6) is 0 Å². The van der Waals surface area contributed by atoms with Crippen LogP contribution in [0.15, 0.2) is 32.6 Å². The van der Waals surface area contributed by atoms with Crippen LogP contribution in [0.4, 0.5) is 0 Å². The van der Waals surface area contributed by atoms with Crippen molar-refractivity contribution < 1.29 is 9.53 Å². The highest BCUT2D eigenvalue weighted by molar-refractivity contribution is 9.10. The number of halogens is 1. The van der Waals surface area contributed by atoms with Crippen LogP contribution in [0.2, 0.25) is 0 Å². The number of benzene rings is 1. The average Bonchev–Trinajstić information content (AvgIpc) is 2.89. The first-order chi connectivity index (χ1) is 10.6. The SMILES string of the molecule is CCCn1c(S[C@H]2CCOC2=O)nc2ccc(Br)cc2c1=O. The zero-order chi connectivity index (χ0) is 15.7. The van der Waals surface area contributed by atoms with E-state index in [2.05, 4.69) is 20.9 Å². The van der Waals surface area contributed by atoms with Crippen molar-refractivity contribution in [1.29, 1.82) is 0 Å². The van der Waals surface area contributed by atoms with Gasteiger partial charge in [0.05, 0.1) is 17.5 Å². The van der Waals surface area contributed by atoms with Crippen LogP contribution in [-0.4, -0.2) is 27.4 Å². The van der Waals surface area contributed by atoms with Crippen LogP contribution in [0.3, 0.4) is 0 Å². The number of thioether (sulfide) groups is 1. The summed E-state index contributed by atoms with van der Waals surface area (Å²) in [6, 6.07) is 5.46. The van der Waals surface area contributed by atoms with Crippen molar-refractivity contribution in [3.63, 3.8) is 0 Å². The summed E-state index contributed by atoms with van der Waals surface area (Å²) >= 11 is 4.71. The zero-order valence-electron chi connectivity index (χ0n) is 12.0. The van der Waals surface area contributed by atoms with E-state index in [0.717, 1.165) is 10.9 Å². The van der Waals surface area contributed by atoms with Crippen molar-refractivity contribution >= 4 is 44.6 Å². The second-order valence-electron chi connectivity index (χ2n) is 5.08. The van der Waals surface area contributed by atoms with Gasteiger partial charge in [-0.25, -0.2) is 4.98 Å². The Hall–Kier alpha value is -1.34. The highest BCUT2D eigenvalue weighted by atomic mass is 79.9. The van der Waals surface area contributed by atoms with Crippen LogP contribution < -0.4 is 5.56 Å². The first-order valence-electron chi connectivity index (χ1n) is 7.13. The van der Waals surface area contributed by atoms with E-state index in [0.29, 0.717) is 35.6 Å². The fourth-order valence-electron chi connectivity index (χ4n) is 2.40. The van der Waals surface area contributed by atoms with Gasteiger partial charge in [0.2, 0.25) is 0 Å². The molecule has 0 amide bonds. The highest BCUT2D eigenvalue weighted by Gasteiger charge is 2.29. The standard InChI is InChI=1S/C15H15BrN2O3S/c1-2-6-18-13(19)10-8-9(16)3-4-11(10)17-15(18)22-12-5-7-21-14(12)20/h3-4,8,12H,2,5-7H2,1H3/t12-/m0/s1. The number of fused-ring (bicyclic) bond motifs is 1. The largest absolute Gasteiger partial charge is 0.465 e. The van der Waals surface area contributed by atoms with Gasteiger partial charge in [-0.15, -0.1) is 0 Å². The molecule has 22 heavy (non-hydrogen) atoms. The second-order valence-corrected chi connectivity index (χ2v) is 7.16. The molecule has 1 fully saturated rings. The number of cyclic esters (lactones) is 1. The van der Waals surface area contributed by atoms with Crippen molar-refractivity contribution in [3.05, 3.63) is 33.0 Å². The van der Waals surface area contributed by atoms with Gasteiger partial charge in [0, 0.05) is 17.4 Å². The van der Waals surface area contributed by atoms with Crippen molar-refractivity contribution in [2.24, 2.45) is 0 Å². The minimum atomic E-state index is -0.275. The van der Waals surface area contributed by atoms with Gasteiger partial charge in [0.15, 0.2) is 5.16 Å². The van der Waals surface area contributed by atoms with Gasteiger partial charge in [0.1, 0.15) is 5.25 Å². The van der Waals surface area contributed by atoms with E-state index in [9.17, 15) is 9.59 Å². The molecule has 2 aromatic rings. The number of ether oxygens (including phenoxy) is 1. The van der Waals surface area contributed by atoms with E-state index in [4.69, 9.17) is 4.74 Å². The summed E-state index contributed by atoms with van der Waals surface area (Å²) in [6.07, 6.45) is 1.48. The Morgan fingerprint density at radius 2 is 2.27 bits per heavy atom. The number of rotatable bonds is 4. The van der Waals surface area contributed by atoms with Gasteiger partial charge in [-0.2, -0.15) is 0 Å². The Bertz CT molecular complexity index is 790. The van der Waals surface area contributed by atoms with E-state index in [1.807, 2.05) is 19.1 Å². The predicted octanol–water partition coefficient (Wildman–Crippen LogP) is 2.98. The molecule has 116 valence electrons. The molecular formula is C15H15BrN2O3S. The van der Waals surface area contributed by atoms with Gasteiger partial charge in [-0.1, -0.05) is 34.6 Å². The summed E-state index contributed by atoms with van der Waals surface area (Å²) in [5.74, 6) is -0.224. The van der Waals surface area contributed by atoms with Gasteiger partial charge >= 0.3 is 5.97 Å². The molecule has 3 rings (SSSR count). The third kappa shape index (κ3) is 2.92. The van der Waals surface area contributed by atoms with Crippen LogP contribution in [-0.2, 0) is 16.1 Å². The number of hydrogen-bond donors (Lipinski definition) is 0. The zero-order valence-corrected chi connectivity index (χ0v) is 14.4. The molecule has 1 atom stereocenters. The molecule has 7 heteroatoms. The first-order valence-corrected chi connectivity index (χ1v) is 8.81. The Morgan fingerprint density at radius 1 is 1.45 bits per heavy atom. The second kappa shape index (κ2) is 6.42. The minimum Gasteiger partial charge on any atom is -0.465 e. The number of esters is 1. The lowest BCUT2D eigenvalue weighted by molar-refractivity contribution is -0.137. The monoisotopic (exact) mass is 382 g/mol. The average molecular weight is 383 g/mol. The topological polar surface area (TPSA) is 61.2 Å². The molecule has 1 aromatic carbocycles. The Morgan fingerprint density at radius 3 is 2.95 bits per heavy atom. The minimum absolute atomic E-state index is 0.0676. The molecule has 0 radical (unpaired) electrons. The number of nitrogens with zero attached hydrogens (tertiary/aromatic N) is 2. The molecular weight excluding hydrogens is 368 g/mol. The van der Waals surface area contributed by atoms with Crippen LogP contribution in [0, 0.1) is 0 Å². The van der Waals surface area contributed by atoms with Crippen molar-refractivity contribution in [1.82, 2.24) is 9.55 Å². The molecule has 0 saturated carbocycles. The van der Waals surface area contributed by atoms with E-state index in [1.54, 1.807) is 10.6 Å². The van der Waals surface area contributed by atoms with Gasteiger partial charge in [-0.05, 0) is 24.6 Å². The third-order valence-corrected chi connectivity index (χ3v) is 5.19. The first kappa shape index (κ1) is 15.6. The third-order valence-electron chi connectivity index (χ3n) is 3.46. The van der Waals surface area contributed by atoms with E-state index in [-0.39, 0.29) is 16.8 Å². The lowest BCUT2D eigenvalue weighted by Crippen LogP contribution is -2.24. The molecule has 1 aliphatic heterocycles. The van der Waals surface area contributed by atoms with Crippen LogP contribution in [0.1, 0.15) is 19.8 Å². The molecule has 0 spiro atoms. The molecule has 1 aliphatic rings. The number of hydrogen-bond acceptors (Lipinski definition) is 5. The molecule has 0 bridgehead atoms. The van der Waals surface area contributed by atoms with Gasteiger partial charge in [-0.3, -0.25) is 14.2 Å². The quantitative estimate of drug-likeness (QED) is 0.600. The van der Waals surface area contributed by atoms with Crippen LogP contribution >= 0.6 is 27.7 Å². The molecule has 2 heterocycles. The van der Waals surface area contributed by atoms with Gasteiger partial charge < -0.3 is 4.74 Å².